The fraction of sp³-hybridized carbons (Fsp3) is 0.314. The number of rotatable bonds is 11. The first-order valence-electron chi connectivity index (χ1n) is 15.5. The van der Waals surface area contributed by atoms with Gasteiger partial charge in [-0.3, -0.25) is 4.57 Å². The predicted molar refractivity (Wildman–Crippen MR) is 179 cm³/mol. The van der Waals surface area contributed by atoms with E-state index < -0.39 is 6.36 Å². The number of alkyl halides is 3. The molecular weight excluding hydrogens is 641 g/mol. The van der Waals surface area contributed by atoms with Crippen LogP contribution in [-0.2, 0) is 6.42 Å². The van der Waals surface area contributed by atoms with Gasteiger partial charge in [0, 0.05) is 28.7 Å². The van der Waals surface area contributed by atoms with E-state index in [1.54, 1.807) is 7.11 Å². The van der Waals surface area contributed by atoms with Crippen LogP contribution in [0.3, 0.4) is 0 Å². The number of hydrogen-bond acceptors (Lipinski definition) is 6. The number of halogens is 3. The molecule has 0 spiro atoms. The number of hydrogen-bond donors (Lipinski definition) is 1. The number of benzene rings is 3. The van der Waals surface area contributed by atoms with Gasteiger partial charge in [-0.1, -0.05) is 44.2 Å². The van der Waals surface area contributed by atoms with Gasteiger partial charge in [0.1, 0.15) is 17.8 Å². The van der Waals surface area contributed by atoms with Crippen LogP contribution in [0, 0.1) is 6.92 Å². The quantitative estimate of drug-likeness (QED) is 0.152. The smallest absolute Gasteiger partial charge is 0.497 e. The molecule has 252 valence electrons. The van der Waals surface area contributed by atoms with Crippen LogP contribution in [0.15, 0.2) is 83.4 Å². The Hall–Kier alpha value is -4.91. The fourth-order valence-corrected chi connectivity index (χ4v) is 6.12. The zero-order chi connectivity index (χ0) is 34.4. The number of nitrogens with one attached hydrogen (secondary N) is 1. The van der Waals surface area contributed by atoms with Gasteiger partial charge in [-0.15, -0.1) is 29.6 Å². The summed E-state index contributed by atoms with van der Waals surface area (Å²) < 4.78 is 50.2. The summed E-state index contributed by atoms with van der Waals surface area (Å²) in [4.78, 5) is 22.3. The fourth-order valence-electron chi connectivity index (χ4n) is 5.25. The summed E-state index contributed by atoms with van der Waals surface area (Å²) in [6.45, 7) is 8.24. The van der Waals surface area contributed by atoms with Crippen molar-refractivity contribution in [2.75, 3.05) is 7.11 Å². The second-order valence-corrected chi connectivity index (χ2v) is 12.5. The van der Waals surface area contributed by atoms with Crippen LogP contribution in [0.25, 0.3) is 22.8 Å². The van der Waals surface area contributed by atoms with E-state index in [0.29, 0.717) is 16.3 Å². The number of aromatic nitrogens is 4. The Morgan fingerprint density at radius 1 is 1.02 bits per heavy atom. The van der Waals surface area contributed by atoms with Crippen LogP contribution in [0.4, 0.5) is 18.0 Å². The predicted octanol–water partition coefficient (Wildman–Crippen LogP) is 8.15. The van der Waals surface area contributed by atoms with Gasteiger partial charge in [0.15, 0.2) is 10.6 Å². The maximum absolute atomic E-state index is 13.0. The average molecular weight is 679 g/mol. The first-order chi connectivity index (χ1) is 22.9. The first kappa shape index (κ1) is 34.4. The molecule has 0 aliphatic heterocycles. The number of amides is 2. The lowest BCUT2D eigenvalue weighted by molar-refractivity contribution is -0.274. The van der Waals surface area contributed by atoms with Crippen molar-refractivity contribution in [2.45, 2.75) is 65.3 Å². The van der Waals surface area contributed by atoms with Gasteiger partial charge in [-0.25, -0.2) is 14.5 Å². The van der Waals surface area contributed by atoms with E-state index in [1.165, 1.54) is 46.6 Å². The van der Waals surface area contributed by atoms with Crippen molar-refractivity contribution in [1.82, 2.24) is 24.6 Å². The van der Waals surface area contributed by atoms with E-state index in [9.17, 15) is 18.0 Å². The highest BCUT2D eigenvalue weighted by Gasteiger charge is 2.31. The molecule has 5 aromatic rings. The summed E-state index contributed by atoms with van der Waals surface area (Å²) in [5.74, 6) is 1.20. The molecule has 2 amide bonds. The van der Waals surface area contributed by atoms with Crippen molar-refractivity contribution in [1.29, 1.82) is 0 Å². The van der Waals surface area contributed by atoms with E-state index in [-0.39, 0.29) is 23.7 Å². The molecule has 48 heavy (non-hydrogen) atoms. The van der Waals surface area contributed by atoms with Crippen LogP contribution in [0.2, 0.25) is 0 Å². The summed E-state index contributed by atoms with van der Waals surface area (Å²) in [6.07, 6.45) is -0.779. The molecule has 2 heterocycles. The second-order valence-electron chi connectivity index (χ2n) is 11.7. The van der Waals surface area contributed by atoms with E-state index in [0.717, 1.165) is 53.1 Å². The SMILES string of the molecule is COc1ccc(C(C)C)c(-n2c(C)cs/c2=N\C(=O)NC(C)CCCc2ccc(-c3ncn(-c4ccc(OC(F)(F)F)cc4)n3)cc2)c1. The molecule has 0 bridgehead atoms. The lowest BCUT2D eigenvalue weighted by Crippen LogP contribution is -2.32. The summed E-state index contributed by atoms with van der Waals surface area (Å²) in [6, 6.07) is 18.8. The molecule has 0 fully saturated rings. The van der Waals surface area contributed by atoms with Gasteiger partial charge in [0.05, 0.1) is 18.5 Å². The number of thiazole rings is 1. The van der Waals surface area contributed by atoms with Gasteiger partial charge in [-0.2, -0.15) is 4.99 Å². The van der Waals surface area contributed by atoms with Crippen molar-refractivity contribution >= 4 is 17.4 Å². The zero-order valence-electron chi connectivity index (χ0n) is 27.3. The molecule has 2 aromatic heterocycles. The minimum absolute atomic E-state index is 0.0691. The minimum Gasteiger partial charge on any atom is -0.497 e. The highest BCUT2D eigenvalue weighted by Crippen LogP contribution is 2.28. The first-order valence-corrected chi connectivity index (χ1v) is 16.4. The Morgan fingerprint density at radius 3 is 2.40 bits per heavy atom. The Balaban J connectivity index is 1.15. The van der Waals surface area contributed by atoms with Crippen LogP contribution < -0.4 is 19.6 Å². The van der Waals surface area contributed by atoms with Gasteiger partial charge in [0.2, 0.25) is 0 Å². The standard InChI is InChI=1S/C35H37F3N6O3S/c1-22(2)30-18-17-29(46-5)19-31(30)44-24(4)20-48-34(44)41-33(45)40-23(3)7-6-8-25-9-11-26(12-10-25)32-39-21-43(42-32)27-13-15-28(16-14-27)47-35(36,37)38/h9-23H,6-8H2,1-5H3,(H,40,45)/b41-34-. The lowest BCUT2D eigenvalue weighted by Gasteiger charge is -2.16. The molecule has 5 rings (SSSR count). The Labute approximate surface area is 280 Å². The Morgan fingerprint density at radius 2 is 1.73 bits per heavy atom. The molecule has 9 nitrogen and oxygen atoms in total. The van der Waals surface area contributed by atoms with Gasteiger partial charge >= 0.3 is 12.4 Å². The highest BCUT2D eigenvalue weighted by atomic mass is 32.1. The average Bonchev–Trinajstić information content (AvgIpc) is 3.67. The molecule has 13 heteroatoms. The zero-order valence-corrected chi connectivity index (χ0v) is 28.1. The van der Waals surface area contributed by atoms with Crippen LogP contribution >= 0.6 is 11.3 Å². The molecule has 0 aliphatic rings. The molecule has 0 saturated heterocycles. The van der Waals surface area contributed by atoms with E-state index in [2.05, 4.69) is 45.0 Å². The number of carbonyl (C=O) groups is 1. The summed E-state index contributed by atoms with van der Waals surface area (Å²) in [5.41, 5.74) is 5.57. The maximum Gasteiger partial charge on any atom is 0.573 e. The van der Waals surface area contributed by atoms with Crippen molar-refractivity contribution in [2.24, 2.45) is 4.99 Å². The third-order valence-electron chi connectivity index (χ3n) is 7.69. The number of ether oxygens (including phenoxy) is 2. The molecule has 0 aliphatic carbocycles. The second kappa shape index (κ2) is 14.9. The molecule has 1 N–H and O–H groups in total. The largest absolute Gasteiger partial charge is 0.573 e. The monoisotopic (exact) mass is 678 g/mol. The Kier molecular flexibility index (Phi) is 10.7. The number of aryl methyl sites for hydroxylation is 2. The van der Waals surface area contributed by atoms with Gasteiger partial charge in [-0.05, 0) is 80.5 Å². The van der Waals surface area contributed by atoms with Crippen LogP contribution in [0.5, 0.6) is 11.5 Å². The molecule has 0 saturated carbocycles. The highest BCUT2D eigenvalue weighted by molar-refractivity contribution is 7.07. The topological polar surface area (TPSA) is 95.6 Å². The summed E-state index contributed by atoms with van der Waals surface area (Å²) in [7, 11) is 1.64. The lowest BCUT2D eigenvalue weighted by atomic mass is 10.0. The molecule has 3 aromatic carbocycles. The van der Waals surface area contributed by atoms with Crippen molar-refractivity contribution in [3.63, 3.8) is 0 Å². The molecular formula is C35H37F3N6O3S. The van der Waals surface area contributed by atoms with Crippen LogP contribution in [-0.4, -0.2) is 44.9 Å². The number of nitrogens with zero attached hydrogens (tertiary/aromatic N) is 5. The van der Waals surface area contributed by atoms with Gasteiger partial charge < -0.3 is 14.8 Å². The Bertz CT molecular complexity index is 1910. The third-order valence-corrected chi connectivity index (χ3v) is 8.63. The molecule has 1 atom stereocenters. The van der Waals surface area contributed by atoms with E-state index >= 15 is 0 Å². The number of methoxy groups -OCH3 is 1. The summed E-state index contributed by atoms with van der Waals surface area (Å²) >= 11 is 1.42. The van der Waals surface area contributed by atoms with E-state index in [4.69, 9.17) is 4.74 Å². The van der Waals surface area contributed by atoms with Crippen molar-refractivity contribution < 1.29 is 27.4 Å². The molecule has 1 unspecified atom stereocenters. The minimum atomic E-state index is -4.75. The molecule has 0 radical (unpaired) electrons. The van der Waals surface area contributed by atoms with Crippen LogP contribution in [0.1, 0.15) is 56.4 Å². The summed E-state index contributed by atoms with van der Waals surface area (Å²) in [5, 5.41) is 9.46. The maximum atomic E-state index is 13.0. The third kappa shape index (κ3) is 8.71. The number of urea groups is 1. The van der Waals surface area contributed by atoms with E-state index in [1.807, 2.05) is 60.2 Å². The van der Waals surface area contributed by atoms with Gasteiger partial charge in [0.25, 0.3) is 0 Å². The van der Waals surface area contributed by atoms with Crippen molar-refractivity contribution in [3.8, 4) is 34.3 Å². The number of carbonyl (C=O) groups excluding carboxylic acids is 1. The normalized spacial score (nSPS) is 12.7. The van der Waals surface area contributed by atoms with Crippen molar-refractivity contribution in [3.05, 3.63) is 100 Å².